The Bertz CT molecular complexity index is 212. The number of piperidine rings is 1. The van der Waals surface area contributed by atoms with E-state index in [4.69, 9.17) is 10.00 Å². The molecule has 2 fully saturated rings. The van der Waals surface area contributed by atoms with E-state index in [-0.39, 0.29) is 5.54 Å². The second-order valence-electron chi connectivity index (χ2n) is 4.10. The van der Waals surface area contributed by atoms with E-state index in [9.17, 15) is 0 Å². The molecule has 3 nitrogen and oxygen atoms in total. The molecule has 0 unspecified atom stereocenters. The SMILES string of the molecule is CC.N#CCC1(N2CCCCC2)COC1. The summed E-state index contributed by atoms with van der Waals surface area (Å²) in [6.07, 6.45) is 4.55. The van der Waals surface area contributed by atoms with Crippen molar-refractivity contribution in [3.63, 3.8) is 0 Å². The molecular weight excluding hydrogens is 188 g/mol. The summed E-state index contributed by atoms with van der Waals surface area (Å²) >= 11 is 0. The minimum atomic E-state index is 0.0924. The summed E-state index contributed by atoms with van der Waals surface area (Å²) in [5, 5.41) is 8.77. The first-order valence-electron chi connectivity index (χ1n) is 6.07. The lowest BCUT2D eigenvalue weighted by Crippen LogP contribution is -2.63. The first-order chi connectivity index (χ1) is 7.37. The quantitative estimate of drug-likeness (QED) is 0.701. The van der Waals surface area contributed by atoms with Crippen molar-refractivity contribution in [3.8, 4) is 6.07 Å². The van der Waals surface area contributed by atoms with E-state index >= 15 is 0 Å². The van der Waals surface area contributed by atoms with Gasteiger partial charge in [0, 0.05) is 0 Å². The van der Waals surface area contributed by atoms with E-state index in [0.717, 1.165) is 26.3 Å². The molecule has 15 heavy (non-hydrogen) atoms. The summed E-state index contributed by atoms with van der Waals surface area (Å²) in [4.78, 5) is 2.46. The lowest BCUT2D eigenvalue weighted by Gasteiger charge is -2.49. The van der Waals surface area contributed by atoms with Crippen LogP contribution in [0.25, 0.3) is 0 Å². The average Bonchev–Trinajstić information content (AvgIpc) is 2.27. The molecule has 0 radical (unpaired) electrons. The second-order valence-corrected chi connectivity index (χ2v) is 4.10. The van der Waals surface area contributed by atoms with Crippen LogP contribution < -0.4 is 0 Å². The lowest BCUT2D eigenvalue weighted by molar-refractivity contribution is -0.142. The largest absolute Gasteiger partial charge is 0.377 e. The van der Waals surface area contributed by atoms with Gasteiger partial charge in [0.15, 0.2) is 0 Å². The van der Waals surface area contributed by atoms with Crippen molar-refractivity contribution in [1.29, 1.82) is 5.26 Å². The Morgan fingerprint density at radius 1 is 1.20 bits per heavy atom. The van der Waals surface area contributed by atoms with Gasteiger partial charge in [-0.25, -0.2) is 0 Å². The van der Waals surface area contributed by atoms with Crippen molar-refractivity contribution in [1.82, 2.24) is 4.90 Å². The maximum Gasteiger partial charge on any atom is 0.0809 e. The summed E-state index contributed by atoms with van der Waals surface area (Å²) in [6.45, 7) is 7.84. The van der Waals surface area contributed by atoms with Gasteiger partial charge in [0.25, 0.3) is 0 Å². The zero-order valence-electron chi connectivity index (χ0n) is 9.96. The van der Waals surface area contributed by atoms with Gasteiger partial charge in [-0.05, 0) is 25.9 Å². The molecular formula is C12H22N2O. The Morgan fingerprint density at radius 2 is 1.80 bits per heavy atom. The third kappa shape index (κ3) is 2.70. The van der Waals surface area contributed by atoms with Crippen molar-refractivity contribution < 1.29 is 4.74 Å². The van der Waals surface area contributed by atoms with Gasteiger partial charge in [0.1, 0.15) is 0 Å². The lowest BCUT2D eigenvalue weighted by atomic mass is 9.89. The number of rotatable bonds is 2. The molecule has 0 aromatic carbocycles. The molecule has 0 bridgehead atoms. The molecule has 2 aliphatic rings. The Morgan fingerprint density at radius 3 is 2.20 bits per heavy atom. The number of nitriles is 1. The van der Waals surface area contributed by atoms with Gasteiger partial charge < -0.3 is 4.74 Å². The third-order valence-corrected chi connectivity index (χ3v) is 3.18. The second kappa shape index (κ2) is 6.09. The highest BCUT2D eigenvalue weighted by atomic mass is 16.5. The zero-order valence-corrected chi connectivity index (χ0v) is 9.96. The predicted octanol–water partition coefficient (Wildman–Crippen LogP) is 2.18. The smallest absolute Gasteiger partial charge is 0.0809 e. The van der Waals surface area contributed by atoms with E-state index in [1.54, 1.807) is 0 Å². The Kier molecular flexibility index (Phi) is 5.07. The number of hydrogen-bond donors (Lipinski definition) is 0. The molecule has 0 saturated carbocycles. The first kappa shape index (κ1) is 12.5. The fraction of sp³-hybridized carbons (Fsp3) is 0.917. The standard InChI is InChI=1S/C10H16N2O.C2H6/c11-5-4-10(8-13-9-10)12-6-2-1-3-7-12;1-2/h1-4,6-9H2;1-2H3. The van der Waals surface area contributed by atoms with Crippen LogP contribution in [0.3, 0.4) is 0 Å². The molecule has 0 N–H and O–H groups in total. The number of hydrogen-bond acceptors (Lipinski definition) is 3. The highest BCUT2D eigenvalue weighted by Gasteiger charge is 2.43. The highest BCUT2D eigenvalue weighted by Crippen LogP contribution is 2.30. The third-order valence-electron chi connectivity index (χ3n) is 3.18. The molecule has 0 spiro atoms. The molecule has 0 aromatic rings. The molecule has 0 aromatic heterocycles. The van der Waals surface area contributed by atoms with Crippen LogP contribution >= 0.6 is 0 Å². The average molecular weight is 210 g/mol. The molecule has 0 amide bonds. The zero-order chi connectivity index (χ0) is 11.1. The number of likely N-dealkylation sites (tertiary alicyclic amines) is 1. The molecule has 3 heteroatoms. The summed E-state index contributed by atoms with van der Waals surface area (Å²) in [5.41, 5.74) is 0.0924. The molecule has 2 rings (SSSR count). The topological polar surface area (TPSA) is 36.3 Å². The van der Waals surface area contributed by atoms with Crippen LogP contribution in [-0.2, 0) is 4.74 Å². The van der Waals surface area contributed by atoms with Crippen molar-refractivity contribution in [2.24, 2.45) is 0 Å². The van der Waals surface area contributed by atoms with Crippen LogP contribution in [0.5, 0.6) is 0 Å². The summed E-state index contributed by atoms with van der Waals surface area (Å²) in [7, 11) is 0. The van der Waals surface area contributed by atoms with E-state index in [2.05, 4.69) is 11.0 Å². The molecule has 86 valence electrons. The van der Waals surface area contributed by atoms with Crippen LogP contribution in [0.4, 0.5) is 0 Å². The van der Waals surface area contributed by atoms with Crippen molar-refractivity contribution in [2.75, 3.05) is 26.3 Å². The van der Waals surface area contributed by atoms with Crippen LogP contribution in [0.2, 0.25) is 0 Å². The maximum absolute atomic E-state index is 8.77. The molecule has 2 heterocycles. The normalized spacial score (nSPS) is 24.3. The monoisotopic (exact) mass is 210 g/mol. The fourth-order valence-electron chi connectivity index (χ4n) is 2.25. The van der Waals surface area contributed by atoms with Crippen LogP contribution in [-0.4, -0.2) is 36.7 Å². The number of ether oxygens (including phenoxy) is 1. The van der Waals surface area contributed by atoms with Crippen molar-refractivity contribution >= 4 is 0 Å². The van der Waals surface area contributed by atoms with Crippen LogP contribution in [0, 0.1) is 11.3 Å². The van der Waals surface area contributed by atoms with Gasteiger partial charge in [-0.1, -0.05) is 20.3 Å². The fourth-order valence-corrected chi connectivity index (χ4v) is 2.25. The van der Waals surface area contributed by atoms with E-state index in [0.29, 0.717) is 6.42 Å². The van der Waals surface area contributed by atoms with Gasteiger partial charge in [-0.15, -0.1) is 0 Å². The van der Waals surface area contributed by atoms with Crippen molar-refractivity contribution in [2.45, 2.75) is 45.1 Å². The summed E-state index contributed by atoms with van der Waals surface area (Å²) in [5.74, 6) is 0. The van der Waals surface area contributed by atoms with Crippen LogP contribution in [0.15, 0.2) is 0 Å². The van der Waals surface area contributed by atoms with Gasteiger partial charge >= 0.3 is 0 Å². The minimum Gasteiger partial charge on any atom is -0.377 e. The minimum absolute atomic E-state index is 0.0924. The van der Waals surface area contributed by atoms with Gasteiger partial charge in [-0.3, -0.25) is 4.90 Å². The summed E-state index contributed by atoms with van der Waals surface area (Å²) < 4.78 is 5.25. The molecule has 2 aliphatic heterocycles. The summed E-state index contributed by atoms with van der Waals surface area (Å²) in [6, 6.07) is 2.29. The van der Waals surface area contributed by atoms with Gasteiger partial charge in [0.2, 0.25) is 0 Å². The van der Waals surface area contributed by atoms with E-state index in [1.165, 1.54) is 19.3 Å². The Hall–Kier alpha value is -0.590. The highest BCUT2D eigenvalue weighted by molar-refractivity contribution is 5.02. The van der Waals surface area contributed by atoms with E-state index < -0.39 is 0 Å². The molecule has 0 aliphatic carbocycles. The predicted molar refractivity (Wildman–Crippen MR) is 60.6 cm³/mol. The first-order valence-corrected chi connectivity index (χ1v) is 6.07. The molecule has 0 atom stereocenters. The van der Waals surface area contributed by atoms with Gasteiger partial charge in [-0.2, -0.15) is 5.26 Å². The maximum atomic E-state index is 8.77. The number of nitrogens with zero attached hydrogens (tertiary/aromatic N) is 2. The Balaban J connectivity index is 0.000000531. The van der Waals surface area contributed by atoms with Gasteiger partial charge in [0.05, 0.1) is 31.2 Å². The van der Waals surface area contributed by atoms with Crippen LogP contribution in [0.1, 0.15) is 39.5 Å². The Labute approximate surface area is 93.0 Å². The van der Waals surface area contributed by atoms with Crippen molar-refractivity contribution in [3.05, 3.63) is 0 Å². The molecule has 2 saturated heterocycles. The van der Waals surface area contributed by atoms with E-state index in [1.807, 2.05) is 13.8 Å².